The van der Waals surface area contributed by atoms with Gasteiger partial charge < -0.3 is 15.8 Å². The molecule has 0 bridgehead atoms. The van der Waals surface area contributed by atoms with Crippen LogP contribution in [0.15, 0.2) is 24.3 Å². The van der Waals surface area contributed by atoms with E-state index in [2.05, 4.69) is 5.32 Å². The highest BCUT2D eigenvalue weighted by Gasteiger charge is 2.05. The van der Waals surface area contributed by atoms with Crippen LogP contribution in [-0.4, -0.2) is 24.3 Å². The van der Waals surface area contributed by atoms with E-state index in [1.54, 1.807) is 12.1 Å². The van der Waals surface area contributed by atoms with Gasteiger partial charge in [-0.3, -0.25) is 10.2 Å². The molecule has 1 aromatic carbocycles. The zero-order chi connectivity index (χ0) is 12.8. The second kappa shape index (κ2) is 5.64. The Bertz CT molecular complexity index is 440. The van der Waals surface area contributed by atoms with Crippen LogP contribution in [0.2, 0.25) is 0 Å². The van der Waals surface area contributed by atoms with Crippen LogP contribution in [0.25, 0.3) is 0 Å². The van der Waals surface area contributed by atoms with Gasteiger partial charge >= 0.3 is 5.97 Å². The first kappa shape index (κ1) is 12.7. The standard InChI is InChI=1S/C11H13N3O3/c1-7(15)8-2-4-9(5-3-8)17-10(16)6-14-11(12)13/h2-5H,6H2,1H3,(H4,12,13,14). The minimum Gasteiger partial charge on any atom is -0.425 e. The Morgan fingerprint density at radius 3 is 2.41 bits per heavy atom. The maximum absolute atomic E-state index is 11.2. The third kappa shape index (κ3) is 4.33. The van der Waals surface area contributed by atoms with Gasteiger partial charge in [0, 0.05) is 5.56 Å². The average molecular weight is 235 g/mol. The number of carbonyl (C=O) groups is 2. The summed E-state index contributed by atoms with van der Waals surface area (Å²) in [7, 11) is 0. The molecule has 0 aliphatic carbocycles. The van der Waals surface area contributed by atoms with Gasteiger partial charge in [0.15, 0.2) is 11.7 Å². The van der Waals surface area contributed by atoms with E-state index in [-0.39, 0.29) is 18.3 Å². The van der Waals surface area contributed by atoms with Crippen molar-refractivity contribution in [1.82, 2.24) is 5.32 Å². The highest BCUT2D eigenvalue weighted by molar-refractivity contribution is 5.94. The largest absolute Gasteiger partial charge is 0.425 e. The summed E-state index contributed by atoms with van der Waals surface area (Å²) in [4.78, 5) is 22.2. The summed E-state index contributed by atoms with van der Waals surface area (Å²) in [5.41, 5.74) is 5.56. The third-order valence-electron chi connectivity index (χ3n) is 1.92. The van der Waals surface area contributed by atoms with Crippen LogP contribution in [0, 0.1) is 5.41 Å². The number of guanidine groups is 1. The molecule has 0 fully saturated rings. The van der Waals surface area contributed by atoms with Gasteiger partial charge in [0.1, 0.15) is 12.3 Å². The molecule has 1 rings (SSSR count). The number of nitrogens with two attached hydrogens (primary N) is 1. The van der Waals surface area contributed by atoms with Crippen molar-refractivity contribution in [2.45, 2.75) is 6.92 Å². The molecular formula is C11H13N3O3. The average Bonchev–Trinajstić information content (AvgIpc) is 2.27. The molecule has 0 saturated heterocycles. The SMILES string of the molecule is CC(=O)c1ccc(OC(=O)CNC(=N)N)cc1. The summed E-state index contributed by atoms with van der Waals surface area (Å²) in [6.07, 6.45) is 0. The normalized spacial score (nSPS) is 9.47. The molecule has 0 amide bonds. The van der Waals surface area contributed by atoms with Crippen molar-refractivity contribution in [3.05, 3.63) is 29.8 Å². The van der Waals surface area contributed by atoms with Crippen molar-refractivity contribution in [3.63, 3.8) is 0 Å². The van der Waals surface area contributed by atoms with Gasteiger partial charge in [-0.15, -0.1) is 0 Å². The van der Waals surface area contributed by atoms with Gasteiger partial charge in [0.05, 0.1) is 0 Å². The predicted molar refractivity (Wildman–Crippen MR) is 62.0 cm³/mol. The maximum atomic E-state index is 11.2. The molecule has 6 heteroatoms. The lowest BCUT2D eigenvalue weighted by Gasteiger charge is -2.05. The maximum Gasteiger partial charge on any atom is 0.330 e. The number of Topliss-reactive ketones (excluding diaryl/α,β-unsaturated/α-hetero) is 1. The summed E-state index contributed by atoms with van der Waals surface area (Å²) >= 11 is 0. The fraction of sp³-hybridized carbons (Fsp3) is 0.182. The molecule has 0 radical (unpaired) electrons. The van der Waals surface area contributed by atoms with Gasteiger partial charge in [-0.05, 0) is 31.2 Å². The Kier molecular flexibility index (Phi) is 4.21. The second-order valence-electron chi connectivity index (χ2n) is 3.32. The number of nitrogens with one attached hydrogen (secondary N) is 2. The molecule has 0 spiro atoms. The summed E-state index contributed by atoms with van der Waals surface area (Å²) in [5.74, 6) is -0.573. The first-order valence-corrected chi connectivity index (χ1v) is 4.88. The molecule has 6 nitrogen and oxygen atoms in total. The molecule has 0 aliphatic heterocycles. The number of ketones is 1. The van der Waals surface area contributed by atoms with E-state index in [1.807, 2.05) is 0 Å². The molecular weight excluding hydrogens is 222 g/mol. The molecule has 0 aromatic heterocycles. The predicted octanol–water partition coefficient (Wildman–Crippen LogP) is 0.278. The van der Waals surface area contributed by atoms with E-state index in [9.17, 15) is 9.59 Å². The molecule has 0 unspecified atom stereocenters. The first-order valence-electron chi connectivity index (χ1n) is 4.88. The Morgan fingerprint density at radius 1 is 1.35 bits per heavy atom. The van der Waals surface area contributed by atoms with Gasteiger partial charge in [-0.2, -0.15) is 0 Å². The van der Waals surface area contributed by atoms with Crippen LogP contribution >= 0.6 is 0 Å². The van der Waals surface area contributed by atoms with Gasteiger partial charge in [-0.1, -0.05) is 0 Å². The quantitative estimate of drug-likeness (QED) is 0.228. The Morgan fingerprint density at radius 2 is 1.94 bits per heavy atom. The Labute approximate surface area is 98.3 Å². The van der Waals surface area contributed by atoms with Crippen molar-refractivity contribution in [2.24, 2.45) is 5.73 Å². The Hall–Kier alpha value is -2.37. The van der Waals surface area contributed by atoms with Crippen molar-refractivity contribution in [1.29, 1.82) is 5.41 Å². The van der Waals surface area contributed by atoms with Crippen LogP contribution < -0.4 is 15.8 Å². The molecule has 0 saturated carbocycles. The van der Waals surface area contributed by atoms with E-state index in [1.165, 1.54) is 19.1 Å². The number of carbonyl (C=O) groups excluding carboxylic acids is 2. The van der Waals surface area contributed by atoms with Gasteiger partial charge in [0.25, 0.3) is 0 Å². The van der Waals surface area contributed by atoms with Crippen molar-refractivity contribution < 1.29 is 14.3 Å². The van der Waals surface area contributed by atoms with Crippen molar-refractivity contribution in [3.8, 4) is 5.75 Å². The summed E-state index contributed by atoms with van der Waals surface area (Å²) in [6, 6.07) is 6.21. The number of benzene rings is 1. The van der Waals surface area contributed by atoms with E-state index in [0.717, 1.165) is 0 Å². The number of rotatable bonds is 4. The van der Waals surface area contributed by atoms with Crippen LogP contribution in [-0.2, 0) is 4.79 Å². The van der Waals surface area contributed by atoms with E-state index in [4.69, 9.17) is 15.9 Å². The molecule has 17 heavy (non-hydrogen) atoms. The second-order valence-corrected chi connectivity index (χ2v) is 3.32. The lowest BCUT2D eigenvalue weighted by atomic mass is 10.1. The van der Waals surface area contributed by atoms with Crippen molar-refractivity contribution >= 4 is 17.7 Å². The molecule has 0 aliphatic rings. The molecule has 1 aromatic rings. The minimum atomic E-state index is -0.559. The lowest BCUT2D eigenvalue weighted by molar-refractivity contribution is -0.133. The first-order chi connectivity index (χ1) is 7.99. The number of esters is 1. The third-order valence-corrected chi connectivity index (χ3v) is 1.92. The summed E-state index contributed by atoms with van der Waals surface area (Å²) in [5, 5.41) is 9.19. The zero-order valence-electron chi connectivity index (χ0n) is 9.32. The van der Waals surface area contributed by atoms with Crippen LogP contribution in [0.4, 0.5) is 0 Å². The number of hydrogen-bond donors (Lipinski definition) is 3. The molecule has 0 heterocycles. The van der Waals surface area contributed by atoms with Crippen LogP contribution in [0.3, 0.4) is 0 Å². The monoisotopic (exact) mass is 235 g/mol. The fourth-order valence-electron chi connectivity index (χ4n) is 1.09. The molecule has 90 valence electrons. The van der Waals surface area contributed by atoms with Crippen LogP contribution in [0.1, 0.15) is 17.3 Å². The topological polar surface area (TPSA) is 105 Å². The minimum absolute atomic E-state index is 0.0545. The van der Waals surface area contributed by atoms with E-state index >= 15 is 0 Å². The summed E-state index contributed by atoms with van der Waals surface area (Å²) < 4.78 is 4.93. The number of ether oxygens (including phenoxy) is 1. The lowest BCUT2D eigenvalue weighted by Crippen LogP contribution is -2.36. The summed E-state index contributed by atoms with van der Waals surface area (Å²) in [6.45, 7) is 1.28. The Balaban J connectivity index is 2.54. The number of hydrogen-bond acceptors (Lipinski definition) is 4. The molecule has 0 atom stereocenters. The highest BCUT2D eigenvalue weighted by atomic mass is 16.5. The van der Waals surface area contributed by atoms with Gasteiger partial charge in [0.2, 0.25) is 0 Å². The smallest absolute Gasteiger partial charge is 0.330 e. The van der Waals surface area contributed by atoms with E-state index < -0.39 is 5.97 Å². The molecule has 4 N–H and O–H groups in total. The van der Waals surface area contributed by atoms with Gasteiger partial charge in [-0.25, -0.2) is 4.79 Å². The highest BCUT2D eigenvalue weighted by Crippen LogP contribution is 2.12. The zero-order valence-corrected chi connectivity index (χ0v) is 9.32. The van der Waals surface area contributed by atoms with Crippen LogP contribution in [0.5, 0.6) is 5.75 Å². The fourth-order valence-corrected chi connectivity index (χ4v) is 1.09. The van der Waals surface area contributed by atoms with Crippen molar-refractivity contribution in [2.75, 3.05) is 6.54 Å². The van der Waals surface area contributed by atoms with E-state index in [0.29, 0.717) is 11.3 Å².